The van der Waals surface area contributed by atoms with Crippen LogP contribution >= 0.6 is 0 Å². The lowest BCUT2D eigenvalue weighted by molar-refractivity contribution is 0.0945. The topological polar surface area (TPSA) is 122 Å². The number of pyridine rings is 3. The Morgan fingerprint density at radius 1 is 0.750 bits per heavy atom. The van der Waals surface area contributed by atoms with Crippen molar-refractivity contribution in [3.05, 3.63) is 89.8 Å². The van der Waals surface area contributed by atoms with Gasteiger partial charge >= 0.3 is 0 Å². The van der Waals surface area contributed by atoms with Crippen LogP contribution in [0, 0.1) is 0 Å². The lowest BCUT2D eigenvalue weighted by Crippen LogP contribution is -2.29. The number of aliphatic imine (C=N–C) groups is 2. The van der Waals surface area contributed by atoms with Crippen LogP contribution in [-0.2, 0) is 0 Å². The van der Waals surface area contributed by atoms with Gasteiger partial charge in [0.05, 0.1) is 13.1 Å². The number of carbonyl (C=O) groups excluding carboxylic acids is 2. The molecular weight excluding hydrogens is 406 g/mol. The predicted molar refractivity (Wildman–Crippen MR) is 122 cm³/mol. The van der Waals surface area contributed by atoms with Gasteiger partial charge in [0, 0.05) is 61.4 Å². The van der Waals surface area contributed by atoms with Crippen LogP contribution in [0.25, 0.3) is 0 Å². The van der Waals surface area contributed by atoms with E-state index in [2.05, 4.69) is 35.6 Å². The Labute approximate surface area is 185 Å². The Bertz CT molecular complexity index is 987. The van der Waals surface area contributed by atoms with Gasteiger partial charge < -0.3 is 10.6 Å². The van der Waals surface area contributed by atoms with Crippen LogP contribution < -0.4 is 10.6 Å². The summed E-state index contributed by atoms with van der Waals surface area (Å²) in [5.74, 6) is -0.727. The van der Waals surface area contributed by atoms with Crippen LogP contribution in [0.3, 0.4) is 0 Å². The molecule has 0 atom stereocenters. The van der Waals surface area contributed by atoms with Crippen LogP contribution in [0.2, 0.25) is 0 Å². The molecule has 0 spiro atoms. The maximum atomic E-state index is 12.3. The minimum atomic E-state index is -0.364. The van der Waals surface area contributed by atoms with E-state index in [1.54, 1.807) is 55.4 Å². The molecule has 0 saturated heterocycles. The molecule has 0 aliphatic rings. The second-order valence-corrected chi connectivity index (χ2v) is 6.56. The molecule has 0 unspecified atom stereocenters. The number of nitrogens with one attached hydrogen (secondary N) is 2. The Morgan fingerprint density at radius 2 is 1.25 bits per heavy atom. The highest BCUT2D eigenvalue weighted by atomic mass is 16.2. The fourth-order valence-electron chi connectivity index (χ4n) is 2.58. The molecule has 3 aromatic rings. The van der Waals surface area contributed by atoms with Crippen molar-refractivity contribution in [3.63, 3.8) is 0 Å². The van der Waals surface area contributed by atoms with Gasteiger partial charge in [-0.1, -0.05) is 18.2 Å². The first-order valence-electron chi connectivity index (χ1n) is 10.1. The summed E-state index contributed by atoms with van der Waals surface area (Å²) in [6, 6.07) is 12.2. The van der Waals surface area contributed by atoms with E-state index in [9.17, 15) is 9.59 Å². The van der Waals surface area contributed by atoms with Gasteiger partial charge in [-0.2, -0.15) is 0 Å². The number of hydrogen-bond donors (Lipinski definition) is 2. The highest BCUT2D eigenvalue weighted by molar-refractivity contribution is 5.96. The Balaban J connectivity index is 1.41. The highest BCUT2D eigenvalue weighted by Gasteiger charge is 2.11. The Kier molecular flexibility index (Phi) is 8.71. The third-order valence-electron chi connectivity index (χ3n) is 4.12. The summed E-state index contributed by atoms with van der Waals surface area (Å²) in [7, 11) is 0. The van der Waals surface area contributed by atoms with Crippen molar-refractivity contribution in [2.75, 3.05) is 26.2 Å². The summed E-state index contributed by atoms with van der Waals surface area (Å²) in [6.45, 7) is 1.53. The van der Waals surface area contributed by atoms with Crippen LogP contribution in [0.1, 0.15) is 32.1 Å². The van der Waals surface area contributed by atoms with E-state index in [1.165, 1.54) is 0 Å². The minimum Gasteiger partial charge on any atom is -0.349 e. The molecule has 9 nitrogen and oxygen atoms in total. The van der Waals surface area contributed by atoms with Crippen LogP contribution in [0.4, 0.5) is 0 Å². The molecule has 3 aromatic heterocycles. The zero-order valence-electron chi connectivity index (χ0n) is 17.4. The standard InChI is InChI=1S/C23H23N7O2/c31-22(28-12-10-26-16-18-4-2-8-24-14-18)20-6-1-7-21(30-20)23(32)29-13-11-27-17-19-5-3-9-25-15-19/h1-9,14-17H,10-13H2,(H,28,31)(H,29,32). The van der Waals surface area contributed by atoms with Gasteiger partial charge in [0.1, 0.15) is 11.4 Å². The maximum Gasteiger partial charge on any atom is 0.269 e. The molecular formula is C23H23N7O2. The van der Waals surface area contributed by atoms with Gasteiger partial charge in [0.2, 0.25) is 0 Å². The van der Waals surface area contributed by atoms with Gasteiger partial charge in [-0.25, -0.2) is 4.98 Å². The van der Waals surface area contributed by atoms with Crippen molar-refractivity contribution in [2.45, 2.75) is 0 Å². The molecule has 0 saturated carbocycles. The largest absolute Gasteiger partial charge is 0.349 e. The van der Waals surface area contributed by atoms with Crippen molar-refractivity contribution in [3.8, 4) is 0 Å². The molecule has 162 valence electrons. The summed E-state index contributed by atoms with van der Waals surface area (Å²) >= 11 is 0. The average Bonchev–Trinajstić information content (AvgIpc) is 2.84. The number of aromatic nitrogens is 3. The van der Waals surface area contributed by atoms with Crippen LogP contribution in [0.5, 0.6) is 0 Å². The van der Waals surface area contributed by atoms with Crippen molar-refractivity contribution in [2.24, 2.45) is 9.98 Å². The van der Waals surface area contributed by atoms with Crippen molar-refractivity contribution >= 4 is 24.2 Å². The summed E-state index contributed by atoms with van der Waals surface area (Å²) in [5.41, 5.74) is 2.12. The van der Waals surface area contributed by atoms with E-state index in [4.69, 9.17) is 0 Å². The van der Waals surface area contributed by atoms with E-state index < -0.39 is 0 Å². The number of rotatable bonds is 10. The molecule has 0 aromatic carbocycles. The summed E-state index contributed by atoms with van der Waals surface area (Å²) in [5, 5.41) is 5.48. The fourth-order valence-corrected chi connectivity index (χ4v) is 2.58. The van der Waals surface area contributed by atoms with Crippen LogP contribution in [-0.4, -0.2) is 65.4 Å². The molecule has 9 heteroatoms. The average molecular weight is 429 g/mol. The SMILES string of the molecule is O=C(NCCN=Cc1cccnc1)c1cccc(C(=O)NCCN=Cc2cccnc2)n1. The zero-order valence-corrected chi connectivity index (χ0v) is 17.4. The van der Waals surface area contributed by atoms with E-state index in [0.29, 0.717) is 26.2 Å². The number of amides is 2. The lowest BCUT2D eigenvalue weighted by atomic mass is 10.2. The van der Waals surface area contributed by atoms with Crippen molar-refractivity contribution < 1.29 is 9.59 Å². The first-order chi connectivity index (χ1) is 15.7. The van der Waals surface area contributed by atoms with E-state index in [0.717, 1.165) is 11.1 Å². The molecule has 0 fully saturated rings. The second kappa shape index (κ2) is 12.4. The molecule has 3 heterocycles. The minimum absolute atomic E-state index is 0.170. The summed E-state index contributed by atoms with van der Waals surface area (Å²) in [4.78, 5) is 45.2. The summed E-state index contributed by atoms with van der Waals surface area (Å²) in [6.07, 6.45) is 10.2. The first kappa shape index (κ1) is 22.4. The van der Waals surface area contributed by atoms with Gasteiger partial charge in [-0.05, 0) is 24.3 Å². The molecule has 0 radical (unpaired) electrons. The van der Waals surface area contributed by atoms with E-state index >= 15 is 0 Å². The van der Waals surface area contributed by atoms with Crippen molar-refractivity contribution in [1.29, 1.82) is 0 Å². The van der Waals surface area contributed by atoms with Gasteiger partial charge in [0.15, 0.2) is 0 Å². The molecule has 0 aliphatic carbocycles. The van der Waals surface area contributed by atoms with E-state index in [-0.39, 0.29) is 23.2 Å². The third-order valence-corrected chi connectivity index (χ3v) is 4.12. The molecule has 2 N–H and O–H groups in total. The normalized spacial score (nSPS) is 11.0. The molecule has 2 amide bonds. The third kappa shape index (κ3) is 7.52. The van der Waals surface area contributed by atoms with Gasteiger partial charge in [-0.3, -0.25) is 29.5 Å². The molecule has 0 aliphatic heterocycles. The highest BCUT2D eigenvalue weighted by Crippen LogP contribution is 2.00. The maximum absolute atomic E-state index is 12.3. The summed E-state index contributed by atoms with van der Waals surface area (Å²) < 4.78 is 0. The van der Waals surface area contributed by atoms with E-state index in [1.807, 2.05) is 24.3 Å². The van der Waals surface area contributed by atoms with Gasteiger partial charge in [-0.15, -0.1) is 0 Å². The number of carbonyl (C=O) groups is 2. The number of nitrogens with zero attached hydrogens (tertiary/aromatic N) is 5. The fraction of sp³-hybridized carbons (Fsp3) is 0.174. The first-order valence-corrected chi connectivity index (χ1v) is 10.1. The van der Waals surface area contributed by atoms with Crippen molar-refractivity contribution in [1.82, 2.24) is 25.6 Å². The zero-order chi connectivity index (χ0) is 22.4. The monoisotopic (exact) mass is 429 g/mol. The quantitative estimate of drug-likeness (QED) is 0.374. The Morgan fingerprint density at radius 3 is 1.69 bits per heavy atom. The molecule has 32 heavy (non-hydrogen) atoms. The smallest absolute Gasteiger partial charge is 0.269 e. The van der Waals surface area contributed by atoms with Crippen LogP contribution in [0.15, 0.2) is 77.2 Å². The Hall–Kier alpha value is -4.27. The van der Waals surface area contributed by atoms with Gasteiger partial charge in [0.25, 0.3) is 11.8 Å². The second-order valence-electron chi connectivity index (χ2n) is 6.56. The predicted octanol–water partition coefficient (Wildman–Crippen LogP) is 1.57. The lowest BCUT2D eigenvalue weighted by Gasteiger charge is -2.06. The molecule has 0 bridgehead atoms. The number of hydrogen-bond acceptors (Lipinski definition) is 7. The molecule has 3 rings (SSSR count).